The molecule has 0 bridgehead atoms. The number of hydrogen-bond acceptors (Lipinski definition) is 2. The molecule has 0 saturated carbocycles. The van der Waals surface area contributed by atoms with E-state index >= 15 is 0 Å². The van der Waals surface area contributed by atoms with Crippen LogP contribution in [0, 0.1) is 0 Å². The minimum atomic E-state index is -0.162. The van der Waals surface area contributed by atoms with Gasteiger partial charge in [-0.15, -0.1) is 0 Å². The summed E-state index contributed by atoms with van der Waals surface area (Å²) in [6.45, 7) is 3.98. The largest absolute Gasteiger partial charge is 0.435 e. The van der Waals surface area contributed by atoms with Crippen molar-refractivity contribution in [3.63, 3.8) is 0 Å². The second-order valence-electron chi connectivity index (χ2n) is 3.06. The first-order chi connectivity index (χ1) is 6.31. The van der Waals surface area contributed by atoms with Crippen LogP contribution in [0.25, 0.3) is 0 Å². The summed E-state index contributed by atoms with van der Waals surface area (Å²) < 4.78 is 4.78. The van der Waals surface area contributed by atoms with E-state index in [0.29, 0.717) is 6.42 Å². The van der Waals surface area contributed by atoms with Gasteiger partial charge >= 0.3 is 5.97 Å². The zero-order chi connectivity index (χ0) is 9.94. The van der Waals surface area contributed by atoms with Gasteiger partial charge in [-0.3, -0.25) is 4.79 Å². The lowest BCUT2D eigenvalue weighted by Gasteiger charge is -1.95. The summed E-state index contributed by atoms with van der Waals surface area (Å²) in [5.74, 6) is -0.162. The topological polar surface area (TPSA) is 26.3 Å². The lowest BCUT2D eigenvalue weighted by molar-refractivity contribution is -0.137. The maximum atomic E-state index is 10.7. The van der Waals surface area contributed by atoms with E-state index < -0.39 is 0 Å². The van der Waals surface area contributed by atoms with Crippen LogP contribution >= 0.6 is 0 Å². The summed E-state index contributed by atoms with van der Waals surface area (Å²) in [5, 5.41) is 0. The van der Waals surface area contributed by atoms with Crippen molar-refractivity contribution < 1.29 is 9.53 Å². The van der Waals surface area contributed by atoms with Crippen LogP contribution in [-0.2, 0) is 9.53 Å². The molecule has 0 aliphatic carbocycles. The van der Waals surface area contributed by atoms with Crippen molar-refractivity contribution in [3.05, 3.63) is 12.3 Å². The highest BCUT2D eigenvalue weighted by atomic mass is 16.5. The molecule has 2 nitrogen and oxygen atoms in total. The second kappa shape index (κ2) is 9.30. The van der Waals surface area contributed by atoms with Crippen molar-refractivity contribution in [1.82, 2.24) is 0 Å². The molecule has 0 fully saturated rings. The molecule has 0 spiro atoms. The molecule has 0 rings (SSSR count). The summed E-state index contributed by atoms with van der Waals surface area (Å²) in [6, 6.07) is 0. The third kappa shape index (κ3) is 9.12. The van der Waals surface area contributed by atoms with Gasteiger partial charge in [0, 0.05) is 6.42 Å². The Bertz CT molecular complexity index is 150. The molecule has 0 radical (unpaired) electrons. The van der Waals surface area contributed by atoms with Gasteiger partial charge in [-0.05, 0) is 18.9 Å². The molecule has 0 atom stereocenters. The van der Waals surface area contributed by atoms with E-state index in [0.717, 1.165) is 6.42 Å². The predicted octanol–water partition coefficient (Wildman–Crippen LogP) is 3.42. The van der Waals surface area contributed by atoms with Gasteiger partial charge in [-0.25, -0.2) is 0 Å². The number of hydrogen-bond donors (Lipinski definition) is 0. The average Bonchev–Trinajstić information content (AvgIpc) is 2.16. The molecule has 0 saturated heterocycles. The molecule has 76 valence electrons. The highest BCUT2D eigenvalue weighted by Gasteiger charge is 1.92. The summed E-state index contributed by atoms with van der Waals surface area (Å²) in [6.07, 6.45) is 9.89. The van der Waals surface area contributed by atoms with E-state index in [1.807, 2.05) is 6.08 Å². The van der Waals surface area contributed by atoms with Gasteiger partial charge in [0.15, 0.2) is 0 Å². The normalized spacial score (nSPS) is 10.6. The first-order valence-corrected chi connectivity index (χ1v) is 5.15. The Kier molecular flexibility index (Phi) is 8.73. The first-order valence-electron chi connectivity index (χ1n) is 5.15. The van der Waals surface area contributed by atoms with Gasteiger partial charge in [0.2, 0.25) is 0 Å². The minimum Gasteiger partial charge on any atom is -0.435 e. The fraction of sp³-hybridized carbons (Fsp3) is 0.727. The first kappa shape index (κ1) is 12.2. The fourth-order valence-electron chi connectivity index (χ4n) is 0.964. The van der Waals surface area contributed by atoms with E-state index in [-0.39, 0.29) is 5.97 Å². The third-order valence-corrected chi connectivity index (χ3v) is 1.81. The van der Waals surface area contributed by atoms with Crippen LogP contribution in [0.2, 0.25) is 0 Å². The quantitative estimate of drug-likeness (QED) is 0.344. The van der Waals surface area contributed by atoms with Crippen LogP contribution in [0.15, 0.2) is 12.3 Å². The zero-order valence-corrected chi connectivity index (χ0v) is 8.71. The van der Waals surface area contributed by atoms with Crippen molar-refractivity contribution in [1.29, 1.82) is 0 Å². The van der Waals surface area contributed by atoms with Crippen molar-refractivity contribution in [2.75, 3.05) is 0 Å². The lowest BCUT2D eigenvalue weighted by Crippen LogP contribution is -1.94. The number of carbonyl (C=O) groups excluding carboxylic acids is 1. The Morgan fingerprint density at radius 1 is 1.23 bits per heavy atom. The Morgan fingerprint density at radius 3 is 2.62 bits per heavy atom. The summed E-state index contributed by atoms with van der Waals surface area (Å²) in [7, 11) is 0. The number of carbonyl (C=O) groups is 1. The molecule has 0 amide bonds. The maximum Gasteiger partial charge on any atom is 0.310 e. The van der Waals surface area contributed by atoms with Gasteiger partial charge in [0.05, 0.1) is 6.26 Å². The molecule has 0 aliphatic heterocycles. The molecular formula is C11H20O2. The molecule has 0 heterocycles. The minimum absolute atomic E-state index is 0.162. The number of allylic oxidation sites excluding steroid dienone is 1. The molecule has 0 aromatic carbocycles. The Labute approximate surface area is 81.0 Å². The maximum absolute atomic E-state index is 10.7. The number of ether oxygens (including phenoxy) is 1. The van der Waals surface area contributed by atoms with E-state index in [1.165, 1.54) is 31.9 Å². The van der Waals surface area contributed by atoms with Crippen LogP contribution in [-0.4, -0.2) is 5.97 Å². The third-order valence-electron chi connectivity index (χ3n) is 1.81. The SMILES string of the molecule is CCCCCC/C=C/OC(=O)CC. The van der Waals surface area contributed by atoms with Crippen LogP contribution in [0.3, 0.4) is 0 Å². The van der Waals surface area contributed by atoms with Crippen LogP contribution < -0.4 is 0 Å². The zero-order valence-electron chi connectivity index (χ0n) is 8.71. The number of esters is 1. The van der Waals surface area contributed by atoms with Crippen LogP contribution in [0.1, 0.15) is 52.4 Å². The van der Waals surface area contributed by atoms with Gasteiger partial charge in [-0.2, -0.15) is 0 Å². The monoisotopic (exact) mass is 184 g/mol. The summed E-state index contributed by atoms with van der Waals surface area (Å²) in [5.41, 5.74) is 0. The molecule has 0 N–H and O–H groups in total. The van der Waals surface area contributed by atoms with Gasteiger partial charge in [0.1, 0.15) is 0 Å². The lowest BCUT2D eigenvalue weighted by atomic mass is 10.1. The van der Waals surface area contributed by atoms with Gasteiger partial charge < -0.3 is 4.74 Å². The fourth-order valence-corrected chi connectivity index (χ4v) is 0.964. The van der Waals surface area contributed by atoms with E-state index in [9.17, 15) is 4.79 Å². The molecule has 2 heteroatoms. The van der Waals surface area contributed by atoms with Gasteiger partial charge in [0.25, 0.3) is 0 Å². The highest BCUT2D eigenvalue weighted by molar-refractivity contribution is 5.69. The van der Waals surface area contributed by atoms with Gasteiger partial charge in [-0.1, -0.05) is 33.1 Å². The summed E-state index contributed by atoms with van der Waals surface area (Å²) >= 11 is 0. The van der Waals surface area contributed by atoms with Crippen molar-refractivity contribution in [2.24, 2.45) is 0 Å². The molecule has 0 aliphatic rings. The Balaban J connectivity index is 3.17. The highest BCUT2D eigenvalue weighted by Crippen LogP contribution is 2.02. The number of rotatable bonds is 7. The molecule has 0 aromatic rings. The smallest absolute Gasteiger partial charge is 0.310 e. The molecule has 13 heavy (non-hydrogen) atoms. The Hall–Kier alpha value is -0.790. The van der Waals surface area contributed by atoms with E-state index in [1.54, 1.807) is 6.92 Å². The van der Waals surface area contributed by atoms with E-state index in [2.05, 4.69) is 6.92 Å². The molecule has 0 unspecified atom stereocenters. The molecule has 0 aromatic heterocycles. The standard InChI is InChI=1S/C11H20O2/c1-3-5-6-7-8-9-10-13-11(12)4-2/h9-10H,3-8H2,1-2H3/b10-9+. The van der Waals surface area contributed by atoms with Crippen LogP contribution in [0.5, 0.6) is 0 Å². The summed E-state index contributed by atoms with van der Waals surface area (Å²) in [4.78, 5) is 10.7. The van der Waals surface area contributed by atoms with Crippen molar-refractivity contribution in [2.45, 2.75) is 52.4 Å². The second-order valence-corrected chi connectivity index (χ2v) is 3.06. The Morgan fingerprint density at radius 2 is 2.00 bits per heavy atom. The van der Waals surface area contributed by atoms with Crippen molar-refractivity contribution >= 4 is 5.97 Å². The van der Waals surface area contributed by atoms with Crippen molar-refractivity contribution in [3.8, 4) is 0 Å². The average molecular weight is 184 g/mol. The number of unbranched alkanes of at least 4 members (excludes halogenated alkanes) is 4. The van der Waals surface area contributed by atoms with Crippen LogP contribution in [0.4, 0.5) is 0 Å². The molecular weight excluding hydrogens is 164 g/mol. The predicted molar refractivity (Wildman–Crippen MR) is 54.3 cm³/mol. The van der Waals surface area contributed by atoms with E-state index in [4.69, 9.17) is 4.74 Å².